The zero-order chi connectivity index (χ0) is 22.8. The van der Waals surface area contributed by atoms with Crippen molar-refractivity contribution < 1.29 is 22.7 Å². The summed E-state index contributed by atoms with van der Waals surface area (Å²) in [6.45, 7) is 4.00. The van der Waals surface area contributed by atoms with Crippen molar-refractivity contribution >= 4 is 39.2 Å². The fraction of sp³-hybridized carbons (Fsp3) is 0.333. The lowest BCUT2D eigenvalue weighted by molar-refractivity contribution is -0.135. The zero-order valence-electron chi connectivity index (χ0n) is 17.3. The van der Waals surface area contributed by atoms with E-state index in [-0.39, 0.29) is 48.2 Å². The Morgan fingerprint density at radius 2 is 1.74 bits per heavy atom. The van der Waals surface area contributed by atoms with Gasteiger partial charge in [0.25, 0.3) is 5.91 Å². The number of rotatable bonds is 5. The van der Waals surface area contributed by atoms with Crippen LogP contribution in [-0.4, -0.2) is 62.3 Å². The van der Waals surface area contributed by atoms with Crippen molar-refractivity contribution in [3.05, 3.63) is 58.1 Å². The largest absolute Gasteiger partial charge is 0.452 e. The Kier molecular flexibility index (Phi) is 6.88. The second-order valence-electron chi connectivity index (χ2n) is 7.37. The van der Waals surface area contributed by atoms with Crippen LogP contribution in [0.25, 0.3) is 0 Å². The van der Waals surface area contributed by atoms with Crippen molar-refractivity contribution in [1.29, 1.82) is 0 Å². The van der Waals surface area contributed by atoms with Crippen LogP contribution in [0.4, 0.5) is 5.69 Å². The molecule has 0 bridgehead atoms. The zero-order valence-corrected chi connectivity index (χ0v) is 18.9. The number of nitrogens with two attached hydrogens (primary N) is 1. The molecule has 1 saturated heterocycles. The summed E-state index contributed by atoms with van der Waals surface area (Å²) in [7, 11) is -3.64. The summed E-state index contributed by atoms with van der Waals surface area (Å²) in [5.41, 5.74) is 7.78. The highest BCUT2D eigenvalue weighted by molar-refractivity contribution is 7.89. The van der Waals surface area contributed by atoms with Gasteiger partial charge >= 0.3 is 5.97 Å². The summed E-state index contributed by atoms with van der Waals surface area (Å²) in [6.07, 6.45) is 0. The fourth-order valence-electron chi connectivity index (χ4n) is 3.38. The van der Waals surface area contributed by atoms with Gasteiger partial charge in [0.15, 0.2) is 6.61 Å². The number of sulfonamides is 1. The first-order chi connectivity index (χ1) is 14.6. The molecule has 166 valence electrons. The molecule has 2 N–H and O–H groups in total. The monoisotopic (exact) mass is 465 g/mol. The van der Waals surface area contributed by atoms with Gasteiger partial charge in [0.1, 0.15) is 0 Å². The molecule has 0 saturated carbocycles. The van der Waals surface area contributed by atoms with Gasteiger partial charge in [0.05, 0.1) is 21.2 Å². The Hall–Kier alpha value is -2.62. The lowest BCUT2D eigenvalue weighted by atomic mass is 10.2. The first-order valence-electron chi connectivity index (χ1n) is 9.67. The molecule has 3 rings (SSSR count). The van der Waals surface area contributed by atoms with Crippen LogP contribution in [0.15, 0.2) is 41.3 Å². The van der Waals surface area contributed by atoms with Gasteiger partial charge < -0.3 is 15.4 Å². The molecule has 0 radical (unpaired) electrons. The summed E-state index contributed by atoms with van der Waals surface area (Å²) >= 11 is 5.83. The third kappa shape index (κ3) is 5.17. The molecule has 0 spiro atoms. The van der Waals surface area contributed by atoms with E-state index in [1.54, 1.807) is 19.1 Å². The van der Waals surface area contributed by atoms with Crippen molar-refractivity contribution in [3.8, 4) is 0 Å². The van der Waals surface area contributed by atoms with Crippen LogP contribution in [0.3, 0.4) is 0 Å². The van der Waals surface area contributed by atoms with Gasteiger partial charge in [0, 0.05) is 26.2 Å². The summed E-state index contributed by atoms with van der Waals surface area (Å²) in [5.74, 6) is -1.08. The Morgan fingerprint density at radius 3 is 2.35 bits per heavy atom. The summed E-state index contributed by atoms with van der Waals surface area (Å²) in [4.78, 5) is 26.3. The van der Waals surface area contributed by atoms with Crippen LogP contribution in [0.2, 0.25) is 5.02 Å². The quantitative estimate of drug-likeness (QED) is 0.535. The smallest absolute Gasteiger partial charge is 0.338 e. The number of halogens is 1. The summed E-state index contributed by atoms with van der Waals surface area (Å²) in [6, 6.07) is 9.52. The van der Waals surface area contributed by atoms with E-state index in [2.05, 4.69) is 0 Å². The minimum absolute atomic E-state index is 0.170. The van der Waals surface area contributed by atoms with Gasteiger partial charge in [-0.15, -0.1) is 0 Å². The molecule has 1 amide bonds. The van der Waals surface area contributed by atoms with E-state index in [0.717, 1.165) is 5.56 Å². The van der Waals surface area contributed by atoms with Crippen LogP contribution in [0, 0.1) is 13.8 Å². The number of hydrogen-bond acceptors (Lipinski definition) is 6. The Labute approximate surface area is 186 Å². The average Bonchev–Trinajstić information content (AvgIpc) is 2.73. The van der Waals surface area contributed by atoms with Crippen molar-refractivity contribution in [1.82, 2.24) is 9.21 Å². The maximum Gasteiger partial charge on any atom is 0.338 e. The summed E-state index contributed by atoms with van der Waals surface area (Å²) < 4.78 is 32.3. The van der Waals surface area contributed by atoms with Gasteiger partial charge in [-0.05, 0) is 43.7 Å². The summed E-state index contributed by atoms with van der Waals surface area (Å²) in [5, 5.41) is 0.321. The van der Waals surface area contributed by atoms with Crippen LogP contribution in [0.5, 0.6) is 0 Å². The first kappa shape index (κ1) is 23.1. The number of carbonyl (C=O) groups excluding carboxylic acids is 2. The number of esters is 1. The molecule has 0 unspecified atom stereocenters. The number of anilines is 1. The van der Waals surface area contributed by atoms with E-state index < -0.39 is 22.6 Å². The highest BCUT2D eigenvalue weighted by atomic mass is 35.5. The van der Waals surface area contributed by atoms with E-state index in [4.69, 9.17) is 22.1 Å². The van der Waals surface area contributed by atoms with Gasteiger partial charge in [0.2, 0.25) is 10.0 Å². The first-order valence-corrected chi connectivity index (χ1v) is 11.5. The molecule has 0 aromatic heterocycles. The molecule has 1 heterocycles. The number of piperazine rings is 1. The van der Waals surface area contributed by atoms with Gasteiger partial charge in [-0.2, -0.15) is 4.31 Å². The van der Waals surface area contributed by atoms with Crippen LogP contribution < -0.4 is 5.73 Å². The standard InChI is InChI=1S/C21H24ClN3O5S/c1-14-3-6-19(15(2)11-14)31(28,29)25-9-7-24(8-10-25)20(26)13-30-21(27)16-4-5-17(22)18(23)12-16/h3-6,11-12H,7-10,13,23H2,1-2H3. The van der Waals surface area contributed by atoms with E-state index in [0.29, 0.717) is 10.6 Å². The minimum atomic E-state index is -3.64. The lowest BCUT2D eigenvalue weighted by Gasteiger charge is -2.34. The third-order valence-electron chi connectivity index (χ3n) is 5.10. The van der Waals surface area contributed by atoms with E-state index in [9.17, 15) is 18.0 Å². The second kappa shape index (κ2) is 9.25. The third-order valence-corrected chi connectivity index (χ3v) is 7.50. The predicted octanol–water partition coefficient (Wildman–Crippen LogP) is 2.23. The van der Waals surface area contributed by atoms with Crippen molar-refractivity contribution in [2.24, 2.45) is 0 Å². The predicted molar refractivity (Wildman–Crippen MR) is 117 cm³/mol. The molecule has 2 aromatic rings. The molecule has 0 aliphatic carbocycles. The normalized spacial score (nSPS) is 15.0. The Bertz CT molecular complexity index is 1110. The van der Waals surface area contributed by atoms with E-state index >= 15 is 0 Å². The average molecular weight is 466 g/mol. The number of ether oxygens (including phenoxy) is 1. The molecular weight excluding hydrogens is 442 g/mol. The molecule has 1 aliphatic rings. The Morgan fingerprint density at radius 1 is 1.06 bits per heavy atom. The number of nitrogens with zero attached hydrogens (tertiary/aromatic N) is 2. The molecule has 31 heavy (non-hydrogen) atoms. The maximum absolute atomic E-state index is 13.0. The van der Waals surface area contributed by atoms with E-state index in [1.807, 2.05) is 13.0 Å². The number of benzene rings is 2. The SMILES string of the molecule is Cc1ccc(S(=O)(=O)N2CCN(C(=O)COC(=O)c3ccc(Cl)c(N)c3)CC2)c(C)c1. The molecule has 1 fully saturated rings. The van der Waals surface area contributed by atoms with E-state index in [1.165, 1.54) is 27.4 Å². The van der Waals surface area contributed by atoms with Gasteiger partial charge in [-0.1, -0.05) is 29.3 Å². The van der Waals surface area contributed by atoms with Gasteiger partial charge in [-0.25, -0.2) is 13.2 Å². The lowest BCUT2D eigenvalue weighted by Crippen LogP contribution is -2.51. The highest BCUT2D eigenvalue weighted by Gasteiger charge is 2.31. The van der Waals surface area contributed by atoms with Crippen molar-refractivity contribution in [2.75, 3.05) is 38.5 Å². The molecule has 2 aromatic carbocycles. The van der Waals surface area contributed by atoms with Crippen molar-refractivity contribution in [2.45, 2.75) is 18.7 Å². The number of nitrogen functional groups attached to an aromatic ring is 1. The highest BCUT2D eigenvalue weighted by Crippen LogP contribution is 2.22. The molecular formula is C21H24ClN3O5S. The second-order valence-corrected chi connectivity index (χ2v) is 9.68. The minimum Gasteiger partial charge on any atom is -0.452 e. The molecule has 0 atom stereocenters. The fourth-order valence-corrected chi connectivity index (χ4v) is 5.12. The molecule has 10 heteroatoms. The van der Waals surface area contributed by atoms with Crippen LogP contribution in [0.1, 0.15) is 21.5 Å². The molecule has 1 aliphatic heterocycles. The topological polar surface area (TPSA) is 110 Å². The molecule has 8 nitrogen and oxygen atoms in total. The van der Waals surface area contributed by atoms with Crippen molar-refractivity contribution in [3.63, 3.8) is 0 Å². The van der Waals surface area contributed by atoms with Crippen LogP contribution in [-0.2, 0) is 19.6 Å². The number of aryl methyl sites for hydroxylation is 2. The van der Waals surface area contributed by atoms with Crippen LogP contribution >= 0.6 is 11.6 Å². The van der Waals surface area contributed by atoms with Gasteiger partial charge in [-0.3, -0.25) is 4.79 Å². The number of amides is 1. The number of carbonyl (C=O) groups is 2. The Balaban J connectivity index is 1.55. The maximum atomic E-state index is 13.0. The number of hydrogen-bond donors (Lipinski definition) is 1.